The van der Waals surface area contributed by atoms with E-state index >= 15 is 0 Å². The summed E-state index contributed by atoms with van der Waals surface area (Å²) in [6.07, 6.45) is -4.39. The van der Waals surface area contributed by atoms with Gasteiger partial charge in [0.05, 0.1) is 29.9 Å². The number of benzene rings is 2. The molecule has 0 bridgehead atoms. The average Bonchev–Trinajstić information content (AvgIpc) is 3.05. The Morgan fingerprint density at radius 3 is 2.44 bits per heavy atom. The molecule has 0 N–H and O–H groups in total. The third-order valence-corrected chi connectivity index (χ3v) is 3.90. The maximum absolute atomic E-state index is 12.7. The minimum absolute atomic E-state index is 0.118. The fourth-order valence-electron chi connectivity index (χ4n) is 2.43. The Bertz CT molecular complexity index is 876. The van der Waals surface area contributed by atoms with Gasteiger partial charge in [0.25, 0.3) is 0 Å². The fourth-order valence-corrected chi connectivity index (χ4v) is 2.61. The molecule has 0 amide bonds. The van der Waals surface area contributed by atoms with E-state index < -0.39 is 11.7 Å². The molecule has 0 radical (unpaired) electrons. The normalized spacial score (nSPS) is 11.6. The van der Waals surface area contributed by atoms with Crippen LogP contribution in [0.3, 0.4) is 0 Å². The van der Waals surface area contributed by atoms with Gasteiger partial charge in [-0.3, -0.25) is 0 Å². The highest BCUT2D eigenvalue weighted by molar-refractivity contribution is 6.17. The molecule has 0 aliphatic carbocycles. The monoisotopic (exact) mass is 367 g/mol. The molecule has 1 aromatic heterocycles. The van der Waals surface area contributed by atoms with Crippen LogP contribution in [0.1, 0.15) is 11.3 Å². The van der Waals surface area contributed by atoms with E-state index in [4.69, 9.17) is 16.3 Å². The highest BCUT2D eigenvalue weighted by atomic mass is 35.5. The number of methoxy groups -OCH3 is 1. The van der Waals surface area contributed by atoms with E-state index in [1.54, 1.807) is 25.3 Å². The number of ether oxygens (including phenoxy) is 1. The smallest absolute Gasteiger partial charge is 0.416 e. The summed E-state index contributed by atoms with van der Waals surface area (Å²) in [5.74, 6) is 0.755. The Kier molecular flexibility index (Phi) is 4.67. The second kappa shape index (κ2) is 6.76. The standard InChI is InChI=1S/C17H13ClF3N3O/c1-25-14-4-2-3-11(9-14)16-15(10-18)22-23-24(16)13-7-5-12(6-8-13)17(19,20)21/h2-9H,10H2,1H3. The zero-order chi connectivity index (χ0) is 18.0. The lowest BCUT2D eigenvalue weighted by Gasteiger charge is -2.11. The maximum atomic E-state index is 12.7. The second-order valence-electron chi connectivity index (χ2n) is 5.21. The molecule has 0 atom stereocenters. The SMILES string of the molecule is COc1cccc(-c2c(CCl)nnn2-c2ccc(C(F)(F)F)cc2)c1. The minimum Gasteiger partial charge on any atom is -0.497 e. The molecule has 1 heterocycles. The third-order valence-electron chi connectivity index (χ3n) is 3.65. The molecular weight excluding hydrogens is 355 g/mol. The largest absolute Gasteiger partial charge is 0.497 e. The van der Waals surface area contributed by atoms with Crippen LogP contribution in [-0.4, -0.2) is 22.1 Å². The van der Waals surface area contributed by atoms with Crippen LogP contribution in [0.15, 0.2) is 48.5 Å². The summed E-state index contributed by atoms with van der Waals surface area (Å²) in [7, 11) is 1.55. The van der Waals surface area contributed by atoms with Gasteiger partial charge in [0, 0.05) is 5.56 Å². The van der Waals surface area contributed by atoms with Crippen molar-refractivity contribution in [2.45, 2.75) is 12.1 Å². The maximum Gasteiger partial charge on any atom is 0.416 e. The van der Waals surface area contributed by atoms with E-state index in [1.807, 2.05) is 6.07 Å². The van der Waals surface area contributed by atoms with E-state index in [0.717, 1.165) is 17.7 Å². The molecule has 0 aliphatic heterocycles. The van der Waals surface area contributed by atoms with Crippen molar-refractivity contribution in [2.24, 2.45) is 0 Å². The summed E-state index contributed by atoms with van der Waals surface area (Å²) in [6, 6.07) is 11.9. The first kappa shape index (κ1) is 17.3. The molecule has 3 rings (SSSR count). The number of hydrogen-bond donors (Lipinski definition) is 0. The molecule has 0 spiro atoms. The van der Waals surface area contributed by atoms with Crippen molar-refractivity contribution < 1.29 is 17.9 Å². The Hall–Kier alpha value is -2.54. The Labute approximate surface area is 146 Å². The number of alkyl halides is 4. The lowest BCUT2D eigenvalue weighted by atomic mass is 10.1. The van der Waals surface area contributed by atoms with E-state index in [-0.39, 0.29) is 5.88 Å². The van der Waals surface area contributed by atoms with Crippen molar-refractivity contribution in [3.8, 4) is 22.7 Å². The zero-order valence-corrected chi connectivity index (χ0v) is 13.8. The molecule has 0 saturated heterocycles. The molecule has 0 unspecified atom stereocenters. The van der Waals surface area contributed by atoms with Crippen LogP contribution in [0.2, 0.25) is 0 Å². The van der Waals surface area contributed by atoms with Crippen LogP contribution in [0.4, 0.5) is 13.2 Å². The van der Waals surface area contributed by atoms with Crippen molar-refractivity contribution >= 4 is 11.6 Å². The quantitative estimate of drug-likeness (QED) is 0.627. The molecule has 25 heavy (non-hydrogen) atoms. The van der Waals surface area contributed by atoms with Gasteiger partial charge >= 0.3 is 6.18 Å². The lowest BCUT2D eigenvalue weighted by Crippen LogP contribution is -2.06. The number of hydrogen-bond acceptors (Lipinski definition) is 3. The average molecular weight is 368 g/mol. The molecule has 2 aromatic carbocycles. The molecule has 130 valence electrons. The van der Waals surface area contributed by atoms with Crippen molar-refractivity contribution in [1.29, 1.82) is 0 Å². The summed E-state index contributed by atoms with van der Waals surface area (Å²) in [4.78, 5) is 0. The predicted molar refractivity (Wildman–Crippen MR) is 87.9 cm³/mol. The van der Waals surface area contributed by atoms with Gasteiger partial charge in [-0.25, -0.2) is 4.68 Å². The van der Waals surface area contributed by atoms with E-state index in [0.29, 0.717) is 22.8 Å². The van der Waals surface area contributed by atoms with E-state index in [9.17, 15) is 13.2 Å². The molecule has 0 fully saturated rings. The third kappa shape index (κ3) is 3.46. The number of aromatic nitrogens is 3. The van der Waals surface area contributed by atoms with Gasteiger partial charge in [-0.2, -0.15) is 13.2 Å². The van der Waals surface area contributed by atoms with E-state index in [1.165, 1.54) is 16.8 Å². The number of nitrogens with zero attached hydrogens (tertiary/aromatic N) is 3. The summed E-state index contributed by atoms with van der Waals surface area (Å²) >= 11 is 5.95. The van der Waals surface area contributed by atoms with E-state index in [2.05, 4.69) is 10.3 Å². The Balaban J connectivity index is 2.10. The van der Waals surface area contributed by atoms with Crippen LogP contribution >= 0.6 is 11.6 Å². The molecular formula is C17H13ClF3N3O. The Morgan fingerprint density at radius 1 is 1.12 bits per heavy atom. The van der Waals surface area contributed by atoms with Crippen LogP contribution in [0.25, 0.3) is 16.9 Å². The molecule has 3 aromatic rings. The molecule has 0 saturated carbocycles. The van der Waals surface area contributed by atoms with Crippen LogP contribution in [-0.2, 0) is 12.1 Å². The minimum atomic E-state index is -4.39. The zero-order valence-electron chi connectivity index (χ0n) is 13.1. The summed E-state index contributed by atoms with van der Waals surface area (Å²) < 4.78 is 44.9. The van der Waals surface area contributed by atoms with Gasteiger partial charge in [-0.05, 0) is 36.4 Å². The first-order valence-corrected chi connectivity index (χ1v) is 7.80. The topological polar surface area (TPSA) is 39.9 Å². The second-order valence-corrected chi connectivity index (χ2v) is 5.47. The van der Waals surface area contributed by atoms with Crippen LogP contribution in [0, 0.1) is 0 Å². The highest BCUT2D eigenvalue weighted by Crippen LogP contribution is 2.32. The van der Waals surface area contributed by atoms with Crippen molar-refractivity contribution in [1.82, 2.24) is 15.0 Å². The number of rotatable bonds is 4. The van der Waals surface area contributed by atoms with Crippen LogP contribution < -0.4 is 4.74 Å². The van der Waals surface area contributed by atoms with Crippen LogP contribution in [0.5, 0.6) is 5.75 Å². The van der Waals surface area contributed by atoms with Gasteiger partial charge in [0.2, 0.25) is 0 Å². The van der Waals surface area contributed by atoms with Gasteiger partial charge in [0.15, 0.2) is 0 Å². The molecule has 8 heteroatoms. The van der Waals surface area contributed by atoms with Crippen molar-refractivity contribution in [2.75, 3.05) is 7.11 Å². The summed E-state index contributed by atoms with van der Waals surface area (Å²) in [6.45, 7) is 0. The van der Waals surface area contributed by atoms with Gasteiger partial charge in [0.1, 0.15) is 11.4 Å². The Morgan fingerprint density at radius 2 is 1.84 bits per heavy atom. The summed E-state index contributed by atoms with van der Waals surface area (Å²) in [5, 5.41) is 8.07. The fraction of sp³-hybridized carbons (Fsp3) is 0.176. The van der Waals surface area contributed by atoms with Gasteiger partial charge < -0.3 is 4.74 Å². The molecule has 4 nitrogen and oxygen atoms in total. The van der Waals surface area contributed by atoms with Crippen molar-refractivity contribution in [3.63, 3.8) is 0 Å². The number of halogens is 4. The summed E-state index contributed by atoms with van der Waals surface area (Å²) in [5.41, 5.74) is 1.61. The van der Waals surface area contributed by atoms with Gasteiger partial charge in [-0.1, -0.05) is 17.3 Å². The molecule has 0 aliphatic rings. The first-order chi connectivity index (χ1) is 11.9. The van der Waals surface area contributed by atoms with Gasteiger partial charge in [-0.15, -0.1) is 16.7 Å². The highest BCUT2D eigenvalue weighted by Gasteiger charge is 2.30. The first-order valence-electron chi connectivity index (χ1n) is 7.26. The van der Waals surface area contributed by atoms with Crippen molar-refractivity contribution in [3.05, 3.63) is 59.8 Å². The predicted octanol–water partition coefficient (Wildman–Crippen LogP) is 4.70. The lowest BCUT2D eigenvalue weighted by molar-refractivity contribution is -0.137.